The zero-order chi connectivity index (χ0) is 11.5. The summed E-state index contributed by atoms with van der Waals surface area (Å²) in [6.45, 7) is 1.54. The van der Waals surface area contributed by atoms with Crippen molar-refractivity contribution in [2.45, 2.75) is 45.1 Å². The van der Waals surface area contributed by atoms with Crippen molar-refractivity contribution in [1.82, 2.24) is 5.32 Å². The van der Waals surface area contributed by atoms with Crippen molar-refractivity contribution < 1.29 is 9.59 Å². The van der Waals surface area contributed by atoms with Crippen molar-refractivity contribution in [2.75, 3.05) is 0 Å². The van der Waals surface area contributed by atoms with Gasteiger partial charge in [-0.1, -0.05) is 12.2 Å². The summed E-state index contributed by atoms with van der Waals surface area (Å²) in [4.78, 5) is 22.7. The van der Waals surface area contributed by atoms with E-state index in [1.165, 1.54) is 5.57 Å². The average Bonchev–Trinajstić information content (AvgIpc) is 2.42. The van der Waals surface area contributed by atoms with Crippen LogP contribution in [-0.2, 0) is 9.59 Å². The topological polar surface area (TPSA) is 46.2 Å². The molecule has 86 valence electrons. The summed E-state index contributed by atoms with van der Waals surface area (Å²) < 4.78 is 0. The zero-order valence-electron chi connectivity index (χ0n) is 9.58. The molecule has 0 aliphatic heterocycles. The molecule has 0 radical (unpaired) electrons. The van der Waals surface area contributed by atoms with Gasteiger partial charge in [-0.05, 0) is 36.8 Å². The molecule has 3 nitrogen and oxygen atoms in total. The fourth-order valence-electron chi connectivity index (χ4n) is 2.47. The minimum absolute atomic E-state index is 0.0201. The van der Waals surface area contributed by atoms with Crippen LogP contribution in [0.3, 0.4) is 0 Å². The van der Waals surface area contributed by atoms with E-state index >= 15 is 0 Å². The molecule has 1 amide bonds. The van der Waals surface area contributed by atoms with Gasteiger partial charge in [-0.2, -0.15) is 0 Å². The van der Waals surface area contributed by atoms with E-state index in [1.54, 1.807) is 6.92 Å². The maximum Gasteiger partial charge on any atom is 0.217 e. The second-order valence-electron chi connectivity index (χ2n) is 4.51. The summed E-state index contributed by atoms with van der Waals surface area (Å²) >= 11 is 0. The van der Waals surface area contributed by atoms with Crippen LogP contribution < -0.4 is 5.32 Å². The molecule has 0 spiro atoms. The Labute approximate surface area is 95.6 Å². The Morgan fingerprint density at radius 1 is 1.38 bits per heavy atom. The highest BCUT2D eigenvalue weighted by atomic mass is 16.1. The molecule has 0 saturated carbocycles. The second kappa shape index (κ2) is 4.64. The van der Waals surface area contributed by atoms with Crippen molar-refractivity contribution in [1.29, 1.82) is 0 Å². The fraction of sp³-hybridized carbons (Fsp3) is 0.538. The molecule has 0 aromatic heterocycles. The average molecular weight is 219 g/mol. The molecule has 0 bridgehead atoms. The van der Waals surface area contributed by atoms with Crippen LogP contribution in [0.15, 0.2) is 23.3 Å². The van der Waals surface area contributed by atoms with Gasteiger partial charge in [-0.3, -0.25) is 9.59 Å². The SMILES string of the molecule is CC(=O)NC1CCC2=C(CC1)C(=O)CC=C2. The lowest BCUT2D eigenvalue weighted by molar-refractivity contribution is -0.119. The van der Waals surface area contributed by atoms with E-state index < -0.39 is 0 Å². The zero-order valence-corrected chi connectivity index (χ0v) is 9.58. The molecule has 3 heteroatoms. The van der Waals surface area contributed by atoms with Gasteiger partial charge in [0.1, 0.15) is 0 Å². The van der Waals surface area contributed by atoms with Gasteiger partial charge in [0.05, 0.1) is 0 Å². The molecule has 1 unspecified atom stereocenters. The molecule has 16 heavy (non-hydrogen) atoms. The molecule has 1 N–H and O–H groups in total. The number of carbonyl (C=O) groups is 2. The molecular formula is C13H17NO2. The Balaban J connectivity index is 2.05. The van der Waals surface area contributed by atoms with E-state index in [9.17, 15) is 9.59 Å². The second-order valence-corrected chi connectivity index (χ2v) is 4.51. The van der Waals surface area contributed by atoms with Crippen molar-refractivity contribution in [3.63, 3.8) is 0 Å². The van der Waals surface area contributed by atoms with Crippen LogP contribution in [0.25, 0.3) is 0 Å². The lowest BCUT2D eigenvalue weighted by Gasteiger charge is -2.14. The first kappa shape index (κ1) is 11.1. The molecule has 0 aromatic rings. The Morgan fingerprint density at radius 3 is 2.88 bits per heavy atom. The summed E-state index contributed by atoms with van der Waals surface area (Å²) in [6.07, 6.45) is 8.11. The molecular weight excluding hydrogens is 202 g/mol. The minimum atomic E-state index is 0.0201. The monoisotopic (exact) mass is 219 g/mol. The van der Waals surface area contributed by atoms with Crippen molar-refractivity contribution in [3.8, 4) is 0 Å². The summed E-state index contributed by atoms with van der Waals surface area (Å²) in [5.41, 5.74) is 2.18. The highest BCUT2D eigenvalue weighted by Gasteiger charge is 2.22. The predicted octanol–water partition coefficient (Wildman–Crippen LogP) is 1.89. The number of amides is 1. The van der Waals surface area contributed by atoms with Crippen LogP contribution >= 0.6 is 0 Å². The van der Waals surface area contributed by atoms with Gasteiger partial charge < -0.3 is 5.32 Å². The van der Waals surface area contributed by atoms with Crippen LogP contribution in [-0.4, -0.2) is 17.7 Å². The summed E-state index contributed by atoms with van der Waals surface area (Å²) in [7, 11) is 0. The number of rotatable bonds is 1. The Morgan fingerprint density at radius 2 is 2.12 bits per heavy atom. The van der Waals surface area contributed by atoms with Gasteiger partial charge in [0.15, 0.2) is 5.78 Å². The van der Waals surface area contributed by atoms with Crippen molar-refractivity contribution >= 4 is 11.7 Å². The van der Waals surface area contributed by atoms with E-state index in [4.69, 9.17) is 0 Å². The number of Topliss-reactive ketones (excluding diaryl/α,β-unsaturated/α-hetero) is 1. The molecule has 0 saturated heterocycles. The third-order valence-electron chi connectivity index (χ3n) is 3.26. The highest BCUT2D eigenvalue weighted by molar-refractivity contribution is 5.98. The summed E-state index contributed by atoms with van der Waals surface area (Å²) in [5.74, 6) is 0.285. The molecule has 2 aliphatic carbocycles. The van der Waals surface area contributed by atoms with Crippen molar-refractivity contribution in [3.05, 3.63) is 23.3 Å². The predicted molar refractivity (Wildman–Crippen MR) is 61.9 cm³/mol. The van der Waals surface area contributed by atoms with Crippen LogP contribution in [0, 0.1) is 0 Å². The minimum Gasteiger partial charge on any atom is -0.354 e. The van der Waals surface area contributed by atoms with Crippen LogP contribution in [0.4, 0.5) is 0 Å². The van der Waals surface area contributed by atoms with Crippen LogP contribution in [0.1, 0.15) is 39.0 Å². The molecule has 0 fully saturated rings. The lowest BCUT2D eigenvalue weighted by Crippen LogP contribution is -2.32. The number of ketones is 1. The first-order chi connectivity index (χ1) is 7.66. The first-order valence-electron chi connectivity index (χ1n) is 5.85. The van der Waals surface area contributed by atoms with E-state index in [2.05, 4.69) is 11.4 Å². The Hall–Kier alpha value is -1.38. The normalized spacial score (nSPS) is 25.1. The fourth-order valence-corrected chi connectivity index (χ4v) is 2.47. The first-order valence-corrected chi connectivity index (χ1v) is 5.85. The largest absolute Gasteiger partial charge is 0.354 e. The van der Waals surface area contributed by atoms with E-state index in [0.717, 1.165) is 31.3 Å². The summed E-state index contributed by atoms with van der Waals surface area (Å²) in [5, 5.41) is 2.95. The molecule has 0 aromatic carbocycles. The van der Waals surface area contributed by atoms with Gasteiger partial charge >= 0.3 is 0 Å². The van der Waals surface area contributed by atoms with E-state index in [0.29, 0.717) is 6.42 Å². The maximum atomic E-state index is 11.7. The number of nitrogens with one attached hydrogen (secondary N) is 1. The standard InChI is InChI=1S/C13H17NO2/c1-9(15)14-11-6-5-10-3-2-4-13(16)12(10)8-7-11/h2-3,11H,4-8H2,1H3,(H,14,15). The quantitative estimate of drug-likeness (QED) is 0.732. The maximum absolute atomic E-state index is 11.7. The van der Waals surface area contributed by atoms with Crippen LogP contribution in [0.2, 0.25) is 0 Å². The van der Waals surface area contributed by atoms with E-state index in [-0.39, 0.29) is 17.7 Å². The Kier molecular flexibility index (Phi) is 3.22. The van der Waals surface area contributed by atoms with Gasteiger partial charge in [0.2, 0.25) is 5.91 Å². The van der Waals surface area contributed by atoms with Crippen molar-refractivity contribution in [2.24, 2.45) is 0 Å². The number of hydrogen-bond donors (Lipinski definition) is 1. The van der Waals surface area contributed by atoms with Gasteiger partial charge in [0, 0.05) is 19.4 Å². The highest BCUT2D eigenvalue weighted by Crippen LogP contribution is 2.29. The third-order valence-corrected chi connectivity index (χ3v) is 3.26. The number of carbonyl (C=O) groups excluding carboxylic acids is 2. The number of allylic oxidation sites excluding steroid dienone is 4. The van der Waals surface area contributed by atoms with Gasteiger partial charge in [0.25, 0.3) is 0 Å². The number of hydrogen-bond acceptors (Lipinski definition) is 2. The lowest BCUT2D eigenvalue weighted by atomic mass is 9.93. The Bertz CT molecular complexity index is 379. The molecule has 0 heterocycles. The molecule has 2 rings (SSSR count). The third kappa shape index (κ3) is 2.40. The molecule has 2 aliphatic rings. The van der Waals surface area contributed by atoms with E-state index in [1.807, 2.05) is 6.08 Å². The van der Waals surface area contributed by atoms with Gasteiger partial charge in [-0.15, -0.1) is 0 Å². The molecule has 1 atom stereocenters. The van der Waals surface area contributed by atoms with Gasteiger partial charge in [-0.25, -0.2) is 0 Å². The summed E-state index contributed by atoms with van der Waals surface area (Å²) in [6, 6.07) is 0.226. The van der Waals surface area contributed by atoms with Crippen LogP contribution in [0.5, 0.6) is 0 Å². The smallest absolute Gasteiger partial charge is 0.217 e.